The summed E-state index contributed by atoms with van der Waals surface area (Å²) in [6, 6.07) is 7.61. The van der Waals surface area contributed by atoms with Crippen molar-refractivity contribution in [1.29, 1.82) is 0 Å². The first-order valence-corrected chi connectivity index (χ1v) is 8.40. The van der Waals surface area contributed by atoms with E-state index in [2.05, 4.69) is 34.4 Å². The Balaban J connectivity index is 2.00. The lowest BCUT2D eigenvalue weighted by Crippen LogP contribution is -2.39. The van der Waals surface area contributed by atoms with Gasteiger partial charge in [0.1, 0.15) is 0 Å². The molecule has 122 valence electrons. The third kappa shape index (κ3) is 5.25. The first kappa shape index (κ1) is 17.3. The van der Waals surface area contributed by atoms with Gasteiger partial charge in [0.2, 0.25) is 0 Å². The van der Waals surface area contributed by atoms with E-state index >= 15 is 0 Å². The van der Waals surface area contributed by atoms with E-state index < -0.39 is 0 Å². The zero-order valence-electron chi connectivity index (χ0n) is 13.8. The van der Waals surface area contributed by atoms with Crippen LogP contribution in [-0.4, -0.2) is 22.0 Å². The molecule has 2 N–H and O–H groups in total. The van der Waals surface area contributed by atoms with Gasteiger partial charge in [-0.3, -0.25) is 0 Å². The summed E-state index contributed by atoms with van der Waals surface area (Å²) in [5.74, 6) is 0.395. The molecule has 0 saturated heterocycles. The number of aryl methyl sites for hydroxylation is 1. The molecular formula is C17H22N4OS. The van der Waals surface area contributed by atoms with Gasteiger partial charge in [0.25, 0.3) is 0 Å². The number of hydrogen-bond acceptors (Lipinski definition) is 4. The lowest BCUT2D eigenvalue weighted by Gasteiger charge is -2.18. The van der Waals surface area contributed by atoms with Gasteiger partial charge < -0.3 is 10.6 Å². The number of nitrogens with zero attached hydrogens (tertiary/aromatic N) is 2. The van der Waals surface area contributed by atoms with E-state index in [9.17, 15) is 4.79 Å². The number of carbonyl (C=O) groups is 1. The monoisotopic (exact) mass is 330 g/mol. The SMILES string of the molecule is Cc1cc(Sc2ncccn2)ccc1NC(=O)NC(C)C(C)C. The molecule has 0 aliphatic heterocycles. The Morgan fingerprint density at radius 2 is 1.87 bits per heavy atom. The van der Waals surface area contributed by atoms with Gasteiger partial charge in [0.05, 0.1) is 0 Å². The molecule has 0 aliphatic carbocycles. The maximum absolute atomic E-state index is 12.0. The lowest BCUT2D eigenvalue weighted by atomic mass is 10.1. The quantitative estimate of drug-likeness (QED) is 0.810. The Morgan fingerprint density at radius 3 is 2.48 bits per heavy atom. The number of anilines is 1. The second kappa shape index (κ2) is 7.97. The summed E-state index contributed by atoms with van der Waals surface area (Å²) < 4.78 is 0. The van der Waals surface area contributed by atoms with Crippen molar-refractivity contribution in [3.8, 4) is 0 Å². The van der Waals surface area contributed by atoms with Crippen molar-refractivity contribution in [2.45, 2.75) is 43.8 Å². The molecule has 2 aromatic rings. The number of carbonyl (C=O) groups excluding carboxylic acids is 1. The normalized spacial score (nSPS) is 12.0. The van der Waals surface area contributed by atoms with Crippen LogP contribution in [0.3, 0.4) is 0 Å². The number of rotatable bonds is 5. The zero-order chi connectivity index (χ0) is 16.8. The number of nitrogens with one attached hydrogen (secondary N) is 2. The van der Waals surface area contributed by atoms with Crippen LogP contribution in [0.2, 0.25) is 0 Å². The second-order valence-corrected chi connectivity index (χ2v) is 6.78. The minimum Gasteiger partial charge on any atom is -0.335 e. The molecule has 0 radical (unpaired) electrons. The van der Waals surface area contributed by atoms with E-state index in [1.807, 2.05) is 32.0 Å². The van der Waals surface area contributed by atoms with Crippen LogP contribution in [0.5, 0.6) is 0 Å². The van der Waals surface area contributed by atoms with Gasteiger partial charge in [-0.25, -0.2) is 14.8 Å². The average molecular weight is 330 g/mol. The predicted molar refractivity (Wildman–Crippen MR) is 93.8 cm³/mol. The van der Waals surface area contributed by atoms with Crippen LogP contribution in [0.1, 0.15) is 26.3 Å². The molecule has 1 aromatic carbocycles. The summed E-state index contributed by atoms with van der Waals surface area (Å²) >= 11 is 1.49. The smallest absolute Gasteiger partial charge is 0.319 e. The Morgan fingerprint density at radius 1 is 1.17 bits per heavy atom. The highest BCUT2D eigenvalue weighted by Gasteiger charge is 2.12. The van der Waals surface area contributed by atoms with Crippen molar-refractivity contribution < 1.29 is 4.79 Å². The van der Waals surface area contributed by atoms with Gasteiger partial charge in [-0.1, -0.05) is 13.8 Å². The third-order valence-corrected chi connectivity index (χ3v) is 4.44. The van der Waals surface area contributed by atoms with E-state index in [1.165, 1.54) is 11.8 Å². The maximum Gasteiger partial charge on any atom is 0.319 e. The van der Waals surface area contributed by atoms with Crippen molar-refractivity contribution in [2.75, 3.05) is 5.32 Å². The first-order chi connectivity index (χ1) is 11.0. The second-order valence-electron chi connectivity index (χ2n) is 5.74. The van der Waals surface area contributed by atoms with E-state index in [0.717, 1.165) is 16.1 Å². The van der Waals surface area contributed by atoms with Crippen LogP contribution < -0.4 is 10.6 Å². The molecule has 0 spiro atoms. The molecule has 0 fully saturated rings. The molecule has 1 atom stereocenters. The molecule has 5 nitrogen and oxygen atoms in total. The fourth-order valence-corrected chi connectivity index (χ4v) is 2.63. The summed E-state index contributed by atoms with van der Waals surface area (Å²) in [7, 11) is 0. The van der Waals surface area contributed by atoms with Crippen molar-refractivity contribution in [3.63, 3.8) is 0 Å². The number of amides is 2. The summed E-state index contributed by atoms with van der Waals surface area (Å²) in [6.07, 6.45) is 3.44. The Bertz CT molecular complexity index is 661. The summed E-state index contributed by atoms with van der Waals surface area (Å²) in [5, 5.41) is 6.54. The largest absolute Gasteiger partial charge is 0.335 e. The highest BCUT2D eigenvalue weighted by molar-refractivity contribution is 7.99. The number of hydrogen-bond donors (Lipinski definition) is 2. The summed E-state index contributed by atoms with van der Waals surface area (Å²) in [5.41, 5.74) is 1.80. The topological polar surface area (TPSA) is 66.9 Å². The first-order valence-electron chi connectivity index (χ1n) is 7.58. The molecule has 1 unspecified atom stereocenters. The van der Waals surface area contributed by atoms with Crippen LogP contribution in [0.15, 0.2) is 46.7 Å². The van der Waals surface area contributed by atoms with Crippen molar-refractivity contribution in [2.24, 2.45) is 5.92 Å². The molecule has 23 heavy (non-hydrogen) atoms. The Labute approximate surface area is 141 Å². The molecule has 0 aliphatic rings. The van der Waals surface area contributed by atoms with E-state index in [4.69, 9.17) is 0 Å². The zero-order valence-corrected chi connectivity index (χ0v) is 14.6. The molecule has 6 heteroatoms. The molecule has 1 aromatic heterocycles. The van der Waals surface area contributed by atoms with Crippen molar-refractivity contribution in [1.82, 2.24) is 15.3 Å². The predicted octanol–water partition coefficient (Wildman–Crippen LogP) is 4.10. The van der Waals surface area contributed by atoms with Crippen LogP contribution in [0.4, 0.5) is 10.5 Å². The standard InChI is InChI=1S/C17H22N4OS/c1-11(2)13(4)20-16(22)21-15-7-6-14(10-12(15)3)23-17-18-8-5-9-19-17/h5-11,13H,1-4H3,(H2,20,21,22). The van der Waals surface area contributed by atoms with Gasteiger partial charge in [-0.2, -0.15) is 0 Å². The minimum absolute atomic E-state index is 0.125. The Kier molecular flexibility index (Phi) is 5.98. The van der Waals surface area contributed by atoms with Gasteiger partial charge >= 0.3 is 6.03 Å². The van der Waals surface area contributed by atoms with Crippen LogP contribution in [0.25, 0.3) is 0 Å². The fraction of sp³-hybridized carbons (Fsp3) is 0.353. The molecule has 2 amide bonds. The highest BCUT2D eigenvalue weighted by atomic mass is 32.2. The van der Waals surface area contributed by atoms with Crippen LogP contribution in [0, 0.1) is 12.8 Å². The summed E-state index contributed by atoms with van der Waals surface area (Å²) in [4.78, 5) is 21.4. The minimum atomic E-state index is -0.180. The van der Waals surface area contributed by atoms with Crippen LogP contribution in [-0.2, 0) is 0 Å². The van der Waals surface area contributed by atoms with Gasteiger partial charge in [-0.15, -0.1) is 0 Å². The van der Waals surface area contributed by atoms with Crippen molar-refractivity contribution >= 4 is 23.5 Å². The number of benzene rings is 1. The van der Waals surface area contributed by atoms with E-state index in [-0.39, 0.29) is 12.1 Å². The van der Waals surface area contributed by atoms with Gasteiger partial charge in [-0.05, 0) is 61.4 Å². The summed E-state index contributed by atoms with van der Waals surface area (Å²) in [6.45, 7) is 8.12. The number of aromatic nitrogens is 2. The lowest BCUT2D eigenvalue weighted by molar-refractivity contribution is 0.246. The number of urea groups is 1. The molecule has 1 heterocycles. The van der Waals surface area contributed by atoms with Gasteiger partial charge in [0.15, 0.2) is 5.16 Å². The van der Waals surface area contributed by atoms with E-state index in [1.54, 1.807) is 18.5 Å². The average Bonchev–Trinajstić information content (AvgIpc) is 2.51. The fourth-order valence-electron chi connectivity index (χ4n) is 1.82. The van der Waals surface area contributed by atoms with Gasteiger partial charge in [0, 0.05) is 29.0 Å². The third-order valence-electron chi connectivity index (χ3n) is 3.56. The molecule has 0 saturated carbocycles. The molecular weight excluding hydrogens is 308 g/mol. The molecule has 0 bridgehead atoms. The highest BCUT2D eigenvalue weighted by Crippen LogP contribution is 2.27. The Hall–Kier alpha value is -2.08. The van der Waals surface area contributed by atoms with Crippen molar-refractivity contribution in [3.05, 3.63) is 42.2 Å². The maximum atomic E-state index is 12.0. The molecule has 2 rings (SSSR count). The van der Waals surface area contributed by atoms with E-state index in [0.29, 0.717) is 11.1 Å². The van der Waals surface area contributed by atoms with Crippen LogP contribution >= 0.6 is 11.8 Å².